The largest absolute Gasteiger partial charge is 0.368 e. The number of amides is 1. The highest BCUT2D eigenvalue weighted by atomic mass is 35.5. The third-order valence-electron chi connectivity index (χ3n) is 6.78. The van der Waals surface area contributed by atoms with Crippen LogP contribution in [0.5, 0.6) is 0 Å². The number of nitrogens with one attached hydrogen (secondary N) is 1. The monoisotopic (exact) mass is 531 g/mol. The highest BCUT2D eigenvalue weighted by molar-refractivity contribution is 7.84. The second-order valence-corrected chi connectivity index (χ2v) is 13.8. The first-order valence-corrected chi connectivity index (χ1v) is 14.5. The molecule has 1 aliphatic rings. The van der Waals surface area contributed by atoms with Crippen molar-refractivity contribution in [1.82, 2.24) is 9.62 Å². The molecule has 1 aliphatic heterocycles. The highest BCUT2D eigenvalue weighted by Gasteiger charge is 2.30. The lowest BCUT2D eigenvalue weighted by molar-refractivity contribution is -0.135. The van der Waals surface area contributed by atoms with Crippen LogP contribution >= 0.6 is 11.6 Å². The van der Waals surface area contributed by atoms with E-state index in [2.05, 4.69) is 48.6 Å². The first-order chi connectivity index (χ1) is 16.9. The minimum Gasteiger partial charge on any atom is -0.368 e. The summed E-state index contributed by atoms with van der Waals surface area (Å²) in [4.78, 5) is 17.5. The van der Waals surface area contributed by atoms with E-state index in [0.29, 0.717) is 24.5 Å². The van der Waals surface area contributed by atoms with Crippen LogP contribution in [0.15, 0.2) is 42.5 Å². The Morgan fingerprint density at radius 2 is 1.64 bits per heavy atom. The summed E-state index contributed by atoms with van der Waals surface area (Å²) in [5.74, 6) is 0.402. The van der Waals surface area contributed by atoms with Crippen LogP contribution in [-0.4, -0.2) is 45.9 Å². The van der Waals surface area contributed by atoms with Gasteiger partial charge in [-0.3, -0.25) is 4.79 Å². The molecule has 1 amide bonds. The van der Waals surface area contributed by atoms with Gasteiger partial charge in [0.2, 0.25) is 5.91 Å². The maximum absolute atomic E-state index is 13.2. The van der Waals surface area contributed by atoms with Crippen molar-refractivity contribution in [3.8, 4) is 0 Å². The molecule has 36 heavy (non-hydrogen) atoms. The zero-order valence-electron chi connectivity index (χ0n) is 22.8. The van der Waals surface area contributed by atoms with Gasteiger partial charge in [-0.2, -0.15) is 0 Å². The van der Waals surface area contributed by atoms with Crippen LogP contribution in [0.25, 0.3) is 0 Å². The van der Waals surface area contributed by atoms with E-state index in [1.54, 1.807) is 0 Å². The Morgan fingerprint density at radius 1 is 1.03 bits per heavy atom. The molecule has 0 bridgehead atoms. The van der Waals surface area contributed by atoms with Crippen molar-refractivity contribution in [3.05, 3.63) is 64.2 Å². The summed E-state index contributed by atoms with van der Waals surface area (Å²) < 4.78 is 16.1. The number of halogens is 1. The van der Waals surface area contributed by atoms with Crippen molar-refractivity contribution >= 4 is 34.2 Å². The van der Waals surface area contributed by atoms with E-state index in [0.717, 1.165) is 18.7 Å². The van der Waals surface area contributed by atoms with Crippen molar-refractivity contribution in [2.75, 3.05) is 31.1 Å². The molecule has 1 fully saturated rings. The van der Waals surface area contributed by atoms with Crippen LogP contribution in [0.1, 0.15) is 64.3 Å². The Balaban J connectivity index is 1.71. The van der Waals surface area contributed by atoms with Gasteiger partial charge in [-0.25, -0.2) is 8.93 Å². The molecular weight excluding hydrogens is 490 g/mol. The molecule has 0 radical (unpaired) electrons. The summed E-state index contributed by atoms with van der Waals surface area (Å²) in [5.41, 5.74) is 4.66. The molecule has 0 spiro atoms. The predicted octanol–water partition coefficient (Wildman–Crippen LogP) is 5.92. The topological polar surface area (TPSA) is 52.6 Å². The van der Waals surface area contributed by atoms with E-state index in [4.69, 9.17) is 11.6 Å². The number of anilines is 1. The average molecular weight is 532 g/mol. The summed E-state index contributed by atoms with van der Waals surface area (Å²) in [6.07, 6.45) is 0.713. The van der Waals surface area contributed by atoms with Gasteiger partial charge in [0.25, 0.3) is 0 Å². The first-order valence-electron chi connectivity index (χ1n) is 12.9. The molecule has 3 atom stereocenters. The standard InChI is InChI=1S/C29H42ClN3O2S/c1-20(2)27(31-36(35)29(5,6)7)25-18-21(3)8-13-26(25)32-14-16-33(17-15-32)28(34)22(4)19-23-9-11-24(30)12-10-23/h8-13,18,20,22,27,31H,14-17,19H2,1-7H3/t22-,27+,36?/m1/s1. The highest BCUT2D eigenvalue weighted by Crippen LogP contribution is 2.34. The maximum atomic E-state index is 13.2. The Bertz CT molecular complexity index is 1060. The summed E-state index contributed by atoms with van der Waals surface area (Å²) in [6, 6.07) is 14.3. The van der Waals surface area contributed by atoms with Gasteiger partial charge in [-0.15, -0.1) is 0 Å². The molecule has 1 heterocycles. The maximum Gasteiger partial charge on any atom is 0.225 e. The SMILES string of the molecule is Cc1ccc(N2CCN(C(=O)[C@H](C)Cc3ccc(Cl)cc3)CC2)c([C@@H](NS(=O)C(C)(C)C)C(C)C)c1. The van der Waals surface area contributed by atoms with Crippen molar-refractivity contribution in [2.24, 2.45) is 11.8 Å². The second-order valence-electron chi connectivity index (χ2n) is 11.3. The molecule has 3 rings (SSSR count). The van der Waals surface area contributed by atoms with Gasteiger partial charge in [0, 0.05) is 48.8 Å². The average Bonchev–Trinajstić information content (AvgIpc) is 2.82. The molecule has 198 valence electrons. The third-order valence-corrected chi connectivity index (χ3v) is 8.62. The Labute approximate surface area is 225 Å². The fourth-order valence-corrected chi connectivity index (χ4v) is 5.71. The molecule has 1 saturated heterocycles. The van der Waals surface area contributed by atoms with Gasteiger partial charge < -0.3 is 9.80 Å². The molecule has 5 nitrogen and oxygen atoms in total. The zero-order valence-corrected chi connectivity index (χ0v) is 24.4. The minimum absolute atomic E-state index is 0.0287. The van der Waals surface area contributed by atoms with Crippen LogP contribution in [-0.2, 0) is 22.2 Å². The summed E-state index contributed by atoms with van der Waals surface area (Å²) in [5, 5.41) is 0.712. The van der Waals surface area contributed by atoms with E-state index in [1.165, 1.54) is 16.8 Å². The van der Waals surface area contributed by atoms with Crippen molar-refractivity contribution in [1.29, 1.82) is 0 Å². The predicted molar refractivity (Wildman–Crippen MR) is 153 cm³/mol. The van der Waals surface area contributed by atoms with Gasteiger partial charge in [-0.05, 0) is 69.4 Å². The number of nitrogens with zero attached hydrogens (tertiary/aromatic N) is 2. The number of rotatable bonds is 8. The summed E-state index contributed by atoms with van der Waals surface area (Å²) in [6.45, 7) is 17.4. The number of benzene rings is 2. The molecule has 1 unspecified atom stereocenters. The third kappa shape index (κ3) is 7.33. The van der Waals surface area contributed by atoms with Gasteiger partial charge in [0.05, 0.1) is 15.7 Å². The van der Waals surface area contributed by atoms with Crippen LogP contribution < -0.4 is 9.62 Å². The van der Waals surface area contributed by atoms with Gasteiger partial charge in [0.1, 0.15) is 0 Å². The minimum atomic E-state index is -1.17. The molecule has 2 aromatic carbocycles. The number of piperazine rings is 1. The van der Waals surface area contributed by atoms with Crippen LogP contribution in [0.4, 0.5) is 5.69 Å². The normalized spacial score (nSPS) is 17.2. The molecule has 0 aliphatic carbocycles. The van der Waals surface area contributed by atoms with E-state index >= 15 is 0 Å². The van der Waals surface area contributed by atoms with E-state index in [-0.39, 0.29) is 28.5 Å². The van der Waals surface area contributed by atoms with Gasteiger partial charge in [0.15, 0.2) is 0 Å². The van der Waals surface area contributed by atoms with Crippen LogP contribution in [0.2, 0.25) is 5.02 Å². The fraction of sp³-hybridized carbons (Fsp3) is 0.552. The first kappa shape index (κ1) is 28.7. The number of hydrogen-bond acceptors (Lipinski definition) is 3. The number of aryl methyl sites for hydroxylation is 1. The lowest BCUT2D eigenvalue weighted by Crippen LogP contribution is -2.50. The molecule has 0 saturated carbocycles. The van der Waals surface area contributed by atoms with Crippen LogP contribution in [0.3, 0.4) is 0 Å². The van der Waals surface area contributed by atoms with Gasteiger partial charge in [-0.1, -0.05) is 62.2 Å². The van der Waals surface area contributed by atoms with Crippen molar-refractivity contribution < 1.29 is 9.00 Å². The Hall–Kier alpha value is -1.89. The molecule has 7 heteroatoms. The summed E-state index contributed by atoms with van der Waals surface area (Å²) >= 11 is 6.00. The zero-order chi connectivity index (χ0) is 26.6. The summed E-state index contributed by atoms with van der Waals surface area (Å²) in [7, 11) is -1.17. The Kier molecular flexibility index (Phi) is 9.64. The van der Waals surface area contributed by atoms with Crippen molar-refractivity contribution in [2.45, 2.75) is 65.7 Å². The van der Waals surface area contributed by atoms with Gasteiger partial charge >= 0.3 is 0 Å². The number of carbonyl (C=O) groups excluding carboxylic acids is 1. The molecular formula is C29H42ClN3O2S. The lowest BCUT2D eigenvalue weighted by atomic mass is 9.93. The van der Waals surface area contributed by atoms with Crippen LogP contribution in [0, 0.1) is 18.8 Å². The lowest BCUT2D eigenvalue weighted by Gasteiger charge is -2.39. The quantitative estimate of drug-likeness (QED) is 0.459. The number of hydrogen-bond donors (Lipinski definition) is 1. The molecule has 0 aromatic heterocycles. The van der Waals surface area contributed by atoms with E-state index < -0.39 is 11.0 Å². The fourth-order valence-electron chi connectivity index (χ4n) is 4.60. The van der Waals surface area contributed by atoms with Crippen molar-refractivity contribution in [3.63, 3.8) is 0 Å². The number of carbonyl (C=O) groups is 1. The van der Waals surface area contributed by atoms with E-state index in [1.807, 2.05) is 56.9 Å². The second kappa shape index (κ2) is 12.1. The van der Waals surface area contributed by atoms with E-state index in [9.17, 15) is 9.00 Å². The molecule has 2 aromatic rings. The Morgan fingerprint density at radius 3 is 2.19 bits per heavy atom. The smallest absolute Gasteiger partial charge is 0.225 e. The molecule has 1 N–H and O–H groups in total.